The second-order valence-electron chi connectivity index (χ2n) is 21.7. The molecule has 1 aromatic heterocycles. The van der Waals surface area contributed by atoms with Crippen molar-refractivity contribution in [1.82, 2.24) is 47.1 Å². The van der Waals surface area contributed by atoms with Gasteiger partial charge in [-0.25, -0.2) is 4.79 Å². The molecular weight excluding hydrogens is 1080 g/mol. The van der Waals surface area contributed by atoms with Gasteiger partial charge in [-0.15, -0.1) is 0 Å². The summed E-state index contributed by atoms with van der Waals surface area (Å²) in [6.45, 7) is 3.59. The minimum absolute atomic E-state index is 0.0156. The first-order valence-electron chi connectivity index (χ1n) is 28.5. The highest BCUT2D eigenvalue weighted by Crippen LogP contribution is 2.28. The molecule has 436 valence electrons. The summed E-state index contributed by atoms with van der Waals surface area (Å²) in [7, 11) is 0. The third-order valence-corrected chi connectivity index (χ3v) is 16.2. The molecule has 0 bridgehead atoms. The number of hydrogen-bond donors (Lipinski definition) is 9. The Kier molecular flexibility index (Phi) is 20.5. The molecule has 3 saturated heterocycles. The zero-order valence-electron chi connectivity index (χ0n) is 46.5. The fourth-order valence-electron chi connectivity index (χ4n) is 11.3. The van der Waals surface area contributed by atoms with Crippen molar-refractivity contribution in [1.29, 1.82) is 0 Å². The van der Waals surface area contributed by atoms with Gasteiger partial charge in [0.2, 0.25) is 35.4 Å². The number of alkyl carbamates (subject to hydrolysis) is 1. The highest BCUT2D eigenvalue weighted by atomic mass is 35.5. The molecule has 0 saturated carbocycles. The predicted octanol–water partition coefficient (Wildman–Crippen LogP) is 4.79. The van der Waals surface area contributed by atoms with E-state index in [1.807, 2.05) is 91.9 Å². The lowest BCUT2D eigenvalue weighted by atomic mass is 9.81. The molecule has 0 unspecified atom stereocenters. The first-order valence-corrected chi connectivity index (χ1v) is 28.9. The van der Waals surface area contributed by atoms with Gasteiger partial charge in [0.1, 0.15) is 54.7 Å². The van der Waals surface area contributed by atoms with Crippen molar-refractivity contribution in [3.8, 4) is 5.75 Å². The molecule has 3 aliphatic rings. The summed E-state index contributed by atoms with van der Waals surface area (Å²) in [5.74, 6) is -4.07. The third-order valence-electron chi connectivity index (χ3n) is 15.9. The van der Waals surface area contributed by atoms with Crippen LogP contribution in [0.25, 0.3) is 10.9 Å². The number of ether oxygens (including phenoxy) is 2. The molecule has 0 radical (unpaired) electrons. The summed E-state index contributed by atoms with van der Waals surface area (Å²) < 4.78 is 11.9. The van der Waals surface area contributed by atoms with E-state index in [4.69, 9.17) is 26.8 Å². The van der Waals surface area contributed by atoms with E-state index in [9.17, 15) is 4.79 Å². The Hall–Kier alpha value is -8.26. The number of H-pyrrole nitrogens is 1. The molecule has 83 heavy (non-hydrogen) atoms. The number of nitrogens with zero attached hydrogens (tertiary/aromatic N) is 1. The second kappa shape index (κ2) is 28.6. The maximum absolute atomic E-state index is 15.5. The summed E-state index contributed by atoms with van der Waals surface area (Å²) in [6, 6.07) is 32.7. The number of benzene rings is 5. The average molecular weight is 1150 g/mol. The van der Waals surface area contributed by atoms with Gasteiger partial charge in [0.05, 0.1) is 6.54 Å². The lowest BCUT2D eigenvalue weighted by molar-refractivity contribution is -0.143. The number of para-hydroxylation sites is 1. The maximum atomic E-state index is 15.5. The van der Waals surface area contributed by atoms with Gasteiger partial charge in [0, 0.05) is 60.9 Å². The van der Waals surface area contributed by atoms with E-state index >= 15 is 28.8 Å². The molecule has 9 rings (SSSR count). The van der Waals surface area contributed by atoms with Crippen molar-refractivity contribution in [2.75, 3.05) is 32.7 Å². The van der Waals surface area contributed by atoms with Crippen molar-refractivity contribution in [3.63, 3.8) is 0 Å². The molecule has 20 heteroatoms. The highest BCUT2D eigenvalue weighted by molar-refractivity contribution is 6.30. The largest absolute Gasteiger partial charge is 0.489 e. The van der Waals surface area contributed by atoms with Crippen molar-refractivity contribution in [2.45, 2.75) is 107 Å². The van der Waals surface area contributed by atoms with Crippen LogP contribution in [0.5, 0.6) is 5.75 Å². The quantitative estimate of drug-likeness (QED) is 0.0600. The Bertz CT molecular complexity index is 3180. The number of halogens is 1. The number of aromatic nitrogens is 1. The normalized spacial score (nSPS) is 22.6. The van der Waals surface area contributed by atoms with Crippen LogP contribution in [-0.2, 0) is 65.8 Å². The van der Waals surface area contributed by atoms with Crippen molar-refractivity contribution >= 4 is 64.0 Å². The minimum atomic E-state index is -1.37. The van der Waals surface area contributed by atoms with Crippen molar-refractivity contribution < 1.29 is 43.0 Å². The summed E-state index contributed by atoms with van der Waals surface area (Å²) in [5, 5.41) is 22.2. The van der Waals surface area contributed by atoms with E-state index in [2.05, 4.69) is 42.2 Å². The van der Waals surface area contributed by atoms with Crippen LogP contribution in [0.1, 0.15) is 60.4 Å². The van der Waals surface area contributed by atoms with Crippen LogP contribution < -0.4 is 47.7 Å². The third kappa shape index (κ3) is 16.1. The van der Waals surface area contributed by atoms with Crippen molar-refractivity contribution in [3.05, 3.63) is 172 Å². The van der Waals surface area contributed by atoms with E-state index in [1.165, 1.54) is 4.90 Å². The fraction of sp³-hybridized carbons (Fsp3) is 0.381. The predicted molar refractivity (Wildman–Crippen MR) is 315 cm³/mol. The Morgan fingerprint density at radius 2 is 1.25 bits per heavy atom. The molecule has 6 aromatic rings. The number of amides is 7. The average Bonchev–Trinajstić information content (AvgIpc) is 4.26. The SMILES string of the molecule is C[C@@H](C1CCNCC1)[C@@H]1NC(=O)[C@@H](Cc2c[nH]c3ccccc23)NC(=O)[C@H](CCc2ccccc2)NC(=O)[C@@H]2C[C@@H](OC(=O)NCCN)CN2C(=O)[C@H](Cc2ccc(Cl)cc2)NC(=O)[C@H](Cc2ccc(OCc3ccccc3)cc2)NC1=O. The number of hydrogen-bond acceptors (Lipinski definition) is 11. The Morgan fingerprint density at radius 1 is 0.663 bits per heavy atom. The zero-order chi connectivity index (χ0) is 58.2. The summed E-state index contributed by atoms with van der Waals surface area (Å²) >= 11 is 6.33. The number of rotatable bonds is 17. The lowest BCUT2D eigenvalue weighted by Gasteiger charge is -2.35. The standard InChI is InChI=1S/C63H73ClN10O9/c1-39(44-26-29-66-30-27-44)56-61(79)71-52(32-42-18-23-47(24-19-42)82-38-43-12-6-3-7-13-43)58(76)72-54(33-41-16-21-46(64)22-17-41)62(80)74-37-48(83-63(81)67-31-28-65)35-55(74)60(78)69-51(25-20-40-10-4-2-5-11-40)57(75)70-53(59(77)73-56)34-45-36-68-50-15-9-8-14-49(45)50/h2-19,21-24,36,39,44,48,51-56,66,68H,20,25-35,37-38,65H2,1H3,(H,67,81)(H,69,78)(H,70,75)(H,71,79)(H,72,76)(H,73,77)/t39-,48+,51-,52-,53+,54-,55-,56-/m0/s1. The van der Waals surface area contributed by atoms with Crippen molar-refractivity contribution in [2.24, 2.45) is 17.6 Å². The van der Waals surface area contributed by atoms with Crippen LogP contribution in [-0.4, -0.2) is 126 Å². The van der Waals surface area contributed by atoms with E-state index in [-0.39, 0.29) is 57.7 Å². The first-order chi connectivity index (χ1) is 40.3. The molecular formula is C63H73ClN10O9. The van der Waals surface area contributed by atoms with Gasteiger partial charge in [-0.05, 0) is 109 Å². The topological polar surface area (TPSA) is 267 Å². The van der Waals surface area contributed by atoms with Gasteiger partial charge in [0.25, 0.3) is 0 Å². The van der Waals surface area contributed by atoms with Crippen LogP contribution in [0.15, 0.2) is 140 Å². The Morgan fingerprint density at radius 3 is 1.96 bits per heavy atom. The van der Waals surface area contributed by atoms with Crippen LogP contribution in [0, 0.1) is 11.8 Å². The van der Waals surface area contributed by atoms with Gasteiger partial charge in [-0.2, -0.15) is 0 Å². The van der Waals surface area contributed by atoms with Gasteiger partial charge in [-0.1, -0.05) is 122 Å². The minimum Gasteiger partial charge on any atom is -0.489 e. The Balaban J connectivity index is 1.12. The number of nitrogens with two attached hydrogens (primary N) is 1. The van der Waals surface area contributed by atoms with Gasteiger partial charge in [-0.3, -0.25) is 28.8 Å². The Labute approximate surface area is 487 Å². The molecule has 5 aromatic carbocycles. The highest BCUT2D eigenvalue weighted by Gasteiger charge is 2.46. The van der Waals surface area contributed by atoms with E-state index < -0.39 is 89.8 Å². The van der Waals surface area contributed by atoms with Gasteiger partial charge >= 0.3 is 6.09 Å². The second-order valence-corrected chi connectivity index (χ2v) is 22.1. The van der Waals surface area contributed by atoms with E-state index in [0.29, 0.717) is 66.4 Å². The summed E-state index contributed by atoms with van der Waals surface area (Å²) in [6.07, 6.45) is 1.43. The molecule has 4 heterocycles. The molecule has 8 atom stereocenters. The van der Waals surface area contributed by atoms with Crippen LogP contribution in [0.4, 0.5) is 4.79 Å². The number of piperidine rings is 1. The molecule has 19 nitrogen and oxygen atoms in total. The summed E-state index contributed by atoms with van der Waals surface area (Å²) in [5.41, 5.74) is 10.3. The molecule has 3 aliphatic heterocycles. The van der Waals surface area contributed by atoms with Crippen LogP contribution >= 0.6 is 11.6 Å². The smallest absolute Gasteiger partial charge is 0.407 e. The monoisotopic (exact) mass is 1150 g/mol. The fourth-order valence-corrected chi connectivity index (χ4v) is 11.4. The molecule has 3 fully saturated rings. The van der Waals surface area contributed by atoms with E-state index in [1.54, 1.807) is 54.7 Å². The molecule has 0 spiro atoms. The maximum Gasteiger partial charge on any atom is 0.407 e. The van der Waals surface area contributed by atoms with E-state index in [0.717, 1.165) is 22.0 Å². The number of carbonyl (C=O) groups excluding carboxylic acids is 7. The van der Waals surface area contributed by atoms with Crippen LogP contribution in [0.2, 0.25) is 5.02 Å². The van der Waals surface area contributed by atoms with Crippen LogP contribution in [0.3, 0.4) is 0 Å². The number of aryl methyl sites for hydroxylation is 1. The number of fused-ring (bicyclic) bond motifs is 2. The summed E-state index contributed by atoms with van der Waals surface area (Å²) in [4.78, 5) is 109. The number of carbonyl (C=O) groups is 7. The van der Waals surface area contributed by atoms with Gasteiger partial charge < -0.3 is 62.3 Å². The van der Waals surface area contributed by atoms with Gasteiger partial charge in [0.15, 0.2) is 0 Å². The zero-order valence-corrected chi connectivity index (χ0v) is 47.2. The molecule has 7 amide bonds. The first kappa shape index (κ1) is 59.4. The lowest BCUT2D eigenvalue weighted by Crippen LogP contribution is -2.63. The number of nitrogens with one attached hydrogen (secondary N) is 8. The molecule has 0 aliphatic carbocycles. The number of aromatic amines is 1. The molecule has 10 N–H and O–H groups in total.